The molecule has 6 heteroatoms. The van der Waals surface area contributed by atoms with Crippen molar-refractivity contribution in [2.24, 2.45) is 5.84 Å². The Balaban J connectivity index is 2.24. The summed E-state index contributed by atoms with van der Waals surface area (Å²) in [7, 11) is 0. The zero-order chi connectivity index (χ0) is 13.8. The maximum Gasteiger partial charge on any atom is 0.149 e. The van der Waals surface area contributed by atoms with Crippen LogP contribution >= 0.6 is 0 Å². The fourth-order valence-electron chi connectivity index (χ4n) is 2.20. The monoisotopic (exact) mass is 264 g/mol. The Morgan fingerprint density at radius 1 is 1.11 bits per heavy atom. The SMILES string of the molecule is Cc1c(NN)nc(C(C)C)nc1NN1CCCCC1. The summed E-state index contributed by atoms with van der Waals surface area (Å²) in [6, 6.07) is 0. The lowest BCUT2D eigenvalue weighted by Gasteiger charge is -2.28. The molecular weight excluding hydrogens is 240 g/mol. The van der Waals surface area contributed by atoms with Crippen LogP contribution in [-0.4, -0.2) is 28.1 Å². The molecule has 2 heterocycles. The fraction of sp³-hybridized carbons (Fsp3) is 0.692. The molecule has 0 saturated carbocycles. The first-order valence-electron chi connectivity index (χ1n) is 6.98. The number of hydrogen-bond acceptors (Lipinski definition) is 6. The van der Waals surface area contributed by atoms with E-state index in [1.807, 2.05) is 6.92 Å². The minimum absolute atomic E-state index is 0.273. The lowest BCUT2D eigenvalue weighted by atomic mass is 10.2. The zero-order valence-corrected chi connectivity index (χ0v) is 12.0. The Morgan fingerprint density at radius 2 is 1.74 bits per heavy atom. The summed E-state index contributed by atoms with van der Waals surface area (Å²) in [6.45, 7) is 8.26. The summed E-state index contributed by atoms with van der Waals surface area (Å²) in [5.74, 6) is 8.16. The van der Waals surface area contributed by atoms with Gasteiger partial charge >= 0.3 is 0 Å². The van der Waals surface area contributed by atoms with Crippen molar-refractivity contribution in [2.75, 3.05) is 23.9 Å². The Morgan fingerprint density at radius 3 is 2.32 bits per heavy atom. The molecule has 106 valence electrons. The molecule has 0 radical (unpaired) electrons. The highest BCUT2D eigenvalue weighted by molar-refractivity contribution is 5.56. The smallest absolute Gasteiger partial charge is 0.149 e. The van der Waals surface area contributed by atoms with Crippen molar-refractivity contribution in [3.63, 3.8) is 0 Å². The van der Waals surface area contributed by atoms with Gasteiger partial charge in [0.25, 0.3) is 0 Å². The lowest BCUT2D eigenvalue weighted by molar-refractivity contribution is 0.272. The van der Waals surface area contributed by atoms with Crippen molar-refractivity contribution in [1.82, 2.24) is 15.0 Å². The summed E-state index contributed by atoms with van der Waals surface area (Å²) in [5, 5.41) is 2.23. The van der Waals surface area contributed by atoms with Gasteiger partial charge < -0.3 is 10.9 Å². The largest absolute Gasteiger partial charge is 0.308 e. The van der Waals surface area contributed by atoms with Crippen LogP contribution in [0.5, 0.6) is 0 Å². The van der Waals surface area contributed by atoms with Crippen molar-refractivity contribution >= 4 is 11.6 Å². The third-order valence-corrected chi connectivity index (χ3v) is 3.44. The van der Waals surface area contributed by atoms with Gasteiger partial charge in [-0.2, -0.15) is 0 Å². The summed E-state index contributed by atoms with van der Waals surface area (Å²) in [6.07, 6.45) is 3.78. The molecule has 1 aromatic rings. The third-order valence-electron chi connectivity index (χ3n) is 3.44. The van der Waals surface area contributed by atoms with Crippen LogP contribution in [0.4, 0.5) is 11.6 Å². The molecule has 6 nitrogen and oxygen atoms in total. The Hall–Kier alpha value is -1.40. The number of anilines is 2. The van der Waals surface area contributed by atoms with Crippen LogP contribution in [-0.2, 0) is 0 Å². The maximum absolute atomic E-state index is 5.54. The third kappa shape index (κ3) is 3.33. The predicted octanol–water partition coefficient (Wildman–Crippen LogP) is 2.01. The maximum atomic E-state index is 5.54. The minimum Gasteiger partial charge on any atom is -0.308 e. The van der Waals surface area contributed by atoms with E-state index in [9.17, 15) is 0 Å². The van der Waals surface area contributed by atoms with Gasteiger partial charge in [0.15, 0.2) is 0 Å². The lowest BCUT2D eigenvalue weighted by Crippen LogP contribution is -2.35. The van der Waals surface area contributed by atoms with E-state index in [1.165, 1.54) is 19.3 Å². The Bertz CT molecular complexity index is 425. The number of hydrogen-bond donors (Lipinski definition) is 3. The number of nitrogen functional groups attached to an aromatic ring is 1. The van der Waals surface area contributed by atoms with Gasteiger partial charge in [0.1, 0.15) is 17.5 Å². The highest BCUT2D eigenvalue weighted by Crippen LogP contribution is 2.23. The second-order valence-electron chi connectivity index (χ2n) is 5.36. The summed E-state index contributed by atoms with van der Waals surface area (Å²) in [5.41, 5.74) is 7.02. The average Bonchev–Trinajstić information content (AvgIpc) is 2.42. The van der Waals surface area contributed by atoms with Gasteiger partial charge in [-0.1, -0.05) is 20.3 Å². The van der Waals surface area contributed by atoms with Gasteiger partial charge in [-0.25, -0.2) is 20.8 Å². The van der Waals surface area contributed by atoms with Crippen molar-refractivity contribution in [3.8, 4) is 0 Å². The molecular formula is C13H24N6. The van der Waals surface area contributed by atoms with Crippen LogP contribution in [0.25, 0.3) is 0 Å². The molecule has 0 bridgehead atoms. The van der Waals surface area contributed by atoms with Crippen LogP contribution in [0, 0.1) is 6.92 Å². The molecule has 1 saturated heterocycles. The first-order valence-corrected chi connectivity index (χ1v) is 6.98. The van der Waals surface area contributed by atoms with Gasteiger partial charge in [0.05, 0.1) is 0 Å². The van der Waals surface area contributed by atoms with E-state index in [0.29, 0.717) is 5.82 Å². The first-order chi connectivity index (χ1) is 9.11. The molecule has 2 rings (SSSR count). The molecule has 0 aliphatic carbocycles. The van der Waals surface area contributed by atoms with E-state index in [4.69, 9.17) is 5.84 Å². The standard InChI is InChI=1S/C13H24N6/c1-9(2)11-15-12(17-14)10(3)13(16-11)18-19-7-5-4-6-8-19/h9H,4-8,14H2,1-3H3,(H2,15,16,17,18). The quantitative estimate of drug-likeness (QED) is 0.570. The highest BCUT2D eigenvalue weighted by atomic mass is 15.5. The van der Waals surface area contributed by atoms with Crippen LogP contribution in [0.1, 0.15) is 50.4 Å². The van der Waals surface area contributed by atoms with E-state index in [2.05, 4.69) is 39.7 Å². The van der Waals surface area contributed by atoms with E-state index in [0.717, 1.165) is 30.3 Å². The Kier molecular flexibility index (Phi) is 4.55. The number of aromatic nitrogens is 2. The molecule has 1 aliphatic rings. The average molecular weight is 264 g/mol. The first kappa shape index (κ1) is 14.0. The molecule has 0 spiro atoms. The van der Waals surface area contributed by atoms with E-state index in [-0.39, 0.29) is 5.92 Å². The van der Waals surface area contributed by atoms with E-state index >= 15 is 0 Å². The zero-order valence-electron chi connectivity index (χ0n) is 12.0. The van der Waals surface area contributed by atoms with Crippen LogP contribution in [0.3, 0.4) is 0 Å². The Labute approximate surface area is 114 Å². The predicted molar refractivity (Wildman–Crippen MR) is 77.7 cm³/mol. The molecule has 19 heavy (non-hydrogen) atoms. The molecule has 0 atom stereocenters. The van der Waals surface area contributed by atoms with Gasteiger partial charge in [-0.3, -0.25) is 0 Å². The molecule has 0 aromatic carbocycles. The number of nitrogens with one attached hydrogen (secondary N) is 2. The normalized spacial score (nSPS) is 16.7. The second-order valence-corrected chi connectivity index (χ2v) is 5.36. The van der Waals surface area contributed by atoms with E-state index in [1.54, 1.807) is 0 Å². The van der Waals surface area contributed by atoms with Crippen LogP contribution in [0.15, 0.2) is 0 Å². The van der Waals surface area contributed by atoms with Crippen LogP contribution < -0.4 is 16.7 Å². The molecule has 1 aromatic heterocycles. The topological polar surface area (TPSA) is 79.1 Å². The highest BCUT2D eigenvalue weighted by Gasteiger charge is 2.16. The second kappa shape index (κ2) is 6.16. The summed E-state index contributed by atoms with van der Waals surface area (Å²) >= 11 is 0. The molecule has 0 unspecified atom stereocenters. The molecule has 1 aliphatic heterocycles. The molecule has 4 N–H and O–H groups in total. The van der Waals surface area contributed by atoms with Crippen molar-refractivity contribution in [3.05, 3.63) is 11.4 Å². The number of piperidine rings is 1. The van der Waals surface area contributed by atoms with Gasteiger partial charge in [0.2, 0.25) is 0 Å². The number of nitrogens with zero attached hydrogens (tertiary/aromatic N) is 3. The van der Waals surface area contributed by atoms with Gasteiger partial charge in [-0.05, 0) is 19.8 Å². The fourth-order valence-corrected chi connectivity index (χ4v) is 2.20. The van der Waals surface area contributed by atoms with Crippen LogP contribution in [0.2, 0.25) is 0 Å². The summed E-state index contributed by atoms with van der Waals surface area (Å²) < 4.78 is 0. The van der Waals surface area contributed by atoms with Gasteiger partial charge in [-0.15, -0.1) is 0 Å². The van der Waals surface area contributed by atoms with E-state index < -0.39 is 0 Å². The molecule has 1 fully saturated rings. The van der Waals surface area contributed by atoms with Crippen molar-refractivity contribution < 1.29 is 0 Å². The number of nitrogens with two attached hydrogens (primary N) is 1. The minimum atomic E-state index is 0.273. The van der Waals surface area contributed by atoms with Gasteiger partial charge in [0, 0.05) is 24.6 Å². The van der Waals surface area contributed by atoms with Crippen molar-refractivity contribution in [1.29, 1.82) is 0 Å². The number of rotatable bonds is 4. The molecule has 0 amide bonds. The van der Waals surface area contributed by atoms with Crippen molar-refractivity contribution in [2.45, 2.75) is 46.0 Å². The summed E-state index contributed by atoms with van der Waals surface area (Å²) in [4.78, 5) is 9.05. The number of hydrazine groups is 2.